The van der Waals surface area contributed by atoms with Crippen molar-refractivity contribution in [1.82, 2.24) is 0 Å². The molecule has 0 aromatic heterocycles. The predicted molar refractivity (Wildman–Crippen MR) is 113 cm³/mol. The van der Waals surface area contributed by atoms with E-state index >= 15 is 0 Å². The Bertz CT molecular complexity index is 926. The summed E-state index contributed by atoms with van der Waals surface area (Å²) in [4.78, 5) is 12.8. The van der Waals surface area contributed by atoms with E-state index in [0.717, 1.165) is 11.3 Å². The van der Waals surface area contributed by atoms with Gasteiger partial charge in [0.25, 0.3) is 0 Å². The van der Waals surface area contributed by atoms with Gasteiger partial charge in [-0.15, -0.1) is 0 Å². The first kappa shape index (κ1) is 19.8. The Morgan fingerprint density at radius 3 is 2.25 bits per heavy atom. The van der Waals surface area contributed by atoms with E-state index < -0.39 is 0 Å². The highest BCUT2D eigenvalue weighted by atomic mass is 35.5. The Labute approximate surface area is 170 Å². The van der Waals surface area contributed by atoms with Crippen molar-refractivity contribution < 1.29 is 14.3 Å². The van der Waals surface area contributed by atoms with Crippen molar-refractivity contribution in [1.29, 1.82) is 0 Å². The number of hydrogen-bond donors (Lipinski definition) is 1. The molecule has 0 aliphatic carbocycles. The minimum Gasteiger partial charge on any atom is -0.493 e. The van der Waals surface area contributed by atoms with Crippen LogP contribution in [-0.2, 0) is 0 Å². The topological polar surface area (TPSA) is 47.6 Å². The number of anilines is 1. The average Bonchev–Trinajstić information content (AvgIpc) is 2.74. The average molecular weight is 396 g/mol. The molecule has 5 heteroatoms. The fourth-order valence-electron chi connectivity index (χ4n) is 3.00. The summed E-state index contributed by atoms with van der Waals surface area (Å²) in [5, 5.41) is 4.10. The van der Waals surface area contributed by atoms with E-state index in [-0.39, 0.29) is 11.8 Å². The zero-order valence-electron chi connectivity index (χ0n) is 15.8. The summed E-state index contributed by atoms with van der Waals surface area (Å²) in [6, 6.07) is 22.1. The van der Waals surface area contributed by atoms with Crippen LogP contribution < -0.4 is 14.8 Å². The molecule has 3 aromatic rings. The Balaban J connectivity index is 1.91. The number of methoxy groups -OCH3 is 2. The molecule has 4 nitrogen and oxygen atoms in total. The largest absolute Gasteiger partial charge is 0.493 e. The van der Waals surface area contributed by atoms with Crippen LogP contribution in [0.4, 0.5) is 5.69 Å². The first-order valence-electron chi connectivity index (χ1n) is 8.93. The van der Waals surface area contributed by atoms with Crippen LogP contribution in [0.15, 0.2) is 72.8 Å². The summed E-state index contributed by atoms with van der Waals surface area (Å²) in [7, 11) is 3.19. The second-order valence-electron chi connectivity index (χ2n) is 6.31. The molecule has 0 radical (unpaired) electrons. The molecule has 0 aliphatic heterocycles. The predicted octanol–water partition coefficient (Wildman–Crippen LogP) is 5.78. The molecule has 144 valence electrons. The van der Waals surface area contributed by atoms with E-state index in [9.17, 15) is 4.79 Å². The first-order valence-corrected chi connectivity index (χ1v) is 9.31. The molecule has 28 heavy (non-hydrogen) atoms. The van der Waals surface area contributed by atoms with Gasteiger partial charge in [-0.05, 0) is 42.0 Å². The van der Waals surface area contributed by atoms with E-state index in [2.05, 4.69) is 5.32 Å². The molecular weight excluding hydrogens is 374 g/mol. The molecule has 3 rings (SSSR count). The van der Waals surface area contributed by atoms with Crippen molar-refractivity contribution in [2.24, 2.45) is 0 Å². The van der Waals surface area contributed by atoms with Crippen molar-refractivity contribution in [3.63, 3.8) is 0 Å². The zero-order valence-corrected chi connectivity index (χ0v) is 16.6. The maximum absolute atomic E-state index is 12.8. The SMILES string of the molecule is COc1ccc([C@H](CC(=O)c2ccccc2)Nc2ccc(Cl)cc2)cc1OC. The van der Waals surface area contributed by atoms with Gasteiger partial charge < -0.3 is 14.8 Å². The number of carbonyl (C=O) groups is 1. The molecule has 0 bridgehead atoms. The quantitative estimate of drug-likeness (QED) is 0.491. The van der Waals surface area contributed by atoms with Crippen LogP contribution in [0.3, 0.4) is 0 Å². The van der Waals surface area contributed by atoms with Crippen molar-refractivity contribution in [3.8, 4) is 11.5 Å². The first-order chi connectivity index (χ1) is 13.6. The third kappa shape index (κ3) is 4.84. The number of rotatable bonds is 8. The Morgan fingerprint density at radius 2 is 1.61 bits per heavy atom. The maximum Gasteiger partial charge on any atom is 0.165 e. The van der Waals surface area contributed by atoms with Gasteiger partial charge in [0.1, 0.15) is 0 Å². The summed E-state index contributed by atoms with van der Waals surface area (Å²) in [6.45, 7) is 0. The van der Waals surface area contributed by atoms with Crippen LogP contribution in [0.2, 0.25) is 5.02 Å². The summed E-state index contributed by atoms with van der Waals surface area (Å²) < 4.78 is 10.8. The fourth-order valence-corrected chi connectivity index (χ4v) is 3.12. The number of ketones is 1. The van der Waals surface area contributed by atoms with Gasteiger partial charge in [-0.3, -0.25) is 4.79 Å². The van der Waals surface area contributed by atoms with Crippen LogP contribution in [0.5, 0.6) is 11.5 Å². The molecule has 0 aliphatic rings. The Kier molecular flexibility index (Phi) is 6.56. The standard InChI is InChI=1S/C23H22ClNO3/c1-27-22-13-8-17(14-23(22)28-2)20(25-19-11-9-18(24)10-12-19)15-21(26)16-6-4-3-5-7-16/h3-14,20,25H,15H2,1-2H3/t20-/m0/s1. The number of benzene rings is 3. The van der Waals surface area contributed by atoms with Crippen LogP contribution in [-0.4, -0.2) is 20.0 Å². The molecule has 0 saturated carbocycles. The lowest BCUT2D eigenvalue weighted by Crippen LogP contribution is -2.16. The Hall–Kier alpha value is -2.98. The van der Waals surface area contributed by atoms with Crippen LogP contribution >= 0.6 is 11.6 Å². The van der Waals surface area contributed by atoms with E-state index in [0.29, 0.717) is 28.5 Å². The van der Waals surface area contributed by atoms with Gasteiger partial charge in [-0.2, -0.15) is 0 Å². The highest BCUT2D eigenvalue weighted by Gasteiger charge is 2.19. The summed E-state index contributed by atoms with van der Waals surface area (Å²) in [5.41, 5.74) is 2.49. The van der Waals surface area contributed by atoms with Gasteiger partial charge in [0.05, 0.1) is 20.3 Å². The van der Waals surface area contributed by atoms with Crippen molar-refractivity contribution in [2.75, 3.05) is 19.5 Å². The van der Waals surface area contributed by atoms with E-state index in [1.165, 1.54) is 0 Å². The second kappa shape index (κ2) is 9.29. The van der Waals surface area contributed by atoms with Gasteiger partial charge in [-0.25, -0.2) is 0 Å². The minimum atomic E-state index is -0.242. The highest BCUT2D eigenvalue weighted by molar-refractivity contribution is 6.30. The molecule has 3 aromatic carbocycles. The number of ether oxygens (including phenoxy) is 2. The number of hydrogen-bond acceptors (Lipinski definition) is 4. The van der Waals surface area contributed by atoms with E-state index in [4.69, 9.17) is 21.1 Å². The van der Waals surface area contributed by atoms with Gasteiger partial charge in [0.15, 0.2) is 17.3 Å². The van der Waals surface area contributed by atoms with E-state index in [1.807, 2.05) is 72.8 Å². The molecule has 0 unspecified atom stereocenters. The number of carbonyl (C=O) groups excluding carboxylic acids is 1. The van der Waals surface area contributed by atoms with Gasteiger partial charge >= 0.3 is 0 Å². The maximum atomic E-state index is 12.8. The molecule has 0 amide bonds. The lowest BCUT2D eigenvalue weighted by atomic mass is 9.97. The van der Waals surface area contributed by atoms with Crippen molar-refractivity contribution in [2.45, 2.75) is 12.5 Å². The fraction of sp³-hybridized carbons (Fsp3) is 0.174. The Morgan fingerprint density at radius 1 is 0.929 bits per heavy atom. The zero-order chi connectivity index (χ0) is 19.9. The lowest BCUT2D eigenvalue weighted by molar-refractivity contribution is 0.0976. The van der Waals surface area contributed by atoms with Crippen LogP contribution in [0, 0.1) is 0 Å². The minimum absolute atomic E-state index is 0.0573. The highest BCUT2D eigenvalue weighted by Crippen LogP contribution is 2.33. The molecule has 0 fully saturated rings. The van der Waals surface area contributed by atoms with Crippen molar-refractivity contribution in [3.05, 3.63) is 88.9 Å². The number of Topliss-reactive ketones (excluding diaryl/α,β-unsaturated/α-hetero) is 1. The van der Waals surface area contributed by atoms with Gasteiger partial charge in [-0.1, -0.05) is 48.0 Å². The second-order valence-corrected chi connectivity index (χ2v) is 6.75. The molecule has 1 N–H and O–H groups in total. The third-order valence-corrected chi connectivity index (χ3v) is 4.73. The monoisotopic (exact) mass is 395 g/mol. The number of nitrogens with one attached hydrogen (secondary N) is 1. The van der Waals surface area contributed by atoms with Crippen LogP contribution in [0.1, 0.15) is 28.4 Å². The molecular formula is C23H22ClNO3. The third-order valence-electron chi connectivity index (χ3n) is 4.48. The smallest absolute Gasteiger partial charge is 0.165 e. The molecule has 0 heterocycles. The van der Waals surface area contributed by atoms with Gasteiger partial charge in [0, 0.05) is 22.7 Å². The molecule has 0 saturated heterocycles. The van der Waals surface area contributed by atoms with Crippen LogP contribution in [0.25, 0.3) is 0 Å². The summed E-state index contributed by atoms with van der Waals surface area (Å²) in [6.07, 6.45) is 0.294. The summed E-state index contributed by atoms with van der Waals surface area (Å²) >= 11 is 5.99. The molecule has 0 spiro atoms. The van der Waals surface area contributed by atoms with E-state index in [1.54, 1.807) is 14.2 Å². The number of halogens is 1. The van der Waals surface area contributed by atoms with Gasteiger partial charge in [0.2, 0.25) is 0 Å². The normalized spacial score (nSPS) is 11.5. The molecule has 1 atom stereocenters. The lowest BCUT2D eigenvalue weighted by Gasteiger charge is -2.21. The van der Waals surface area contributed by atoms with Crippen molar-refractivity contribution >= 4 is 23.1 Å². The summed E-state index contributed by atoms with van der Waals surface area (Å²) in [5.74, 6) is 1.32.